The van der Waals surface area contributed by atoms with Gasteiger partial charge in [-0.05, 0) is 5.75 Å². The van der Waals surface area contributed by atoms with Gasteiger partial charge in [0.05, 0.1) is 0 Å². The lowest BCUT2D eigenvalue weighted by Gasteiger charge is -2.32. The molecule has 0 aliphatic carbocycles. The molecule has 0 aromatic heterocycles. The Balaban J connectivity index is 2.00. The quantitative estimate of drug-likeness (QED) is 0.585. The van der Waals surface area contributed by atoms with Gasteiger partial charge in [-0.1, -0.05) is 6.92 Å². The smallest absolute Gasteiger partial charge is 0.228 e. The Bertz CT molecular complexity index is 224. The molecule has 0 saturated carbocycles. The van der Waals surface area contributed by atoms with Crippen LogP contribution >= 0.6 is 11.8 Å². The van der Waals surface area contributed by atoms with E-state index >= 15 is 0 Å². The second-order valence-corrected chi connectivity index (χ2v) is 4.28. The number of rotatable bonds is 2. The van der Waals surface area contributed by atoms with Crippen LogP contribution < -0.4 is 0 Å². The van der Waals surface area contributed by atoms with Gasteiger partial charge >= 0.3 is 0 Å². The summed E-state index contributed by atoms with van der Waals surface area (Å²) in [7, 11) is 0. The molecular formula is C8H11NOS. The van der Waals surface area contributed by atoms with Crippen LogP contribution in [0.1, 0.15) is 19.8 Å². The topological polar surface area (TPSA) is 20.3 Å². The standard InChI is InChI=1S/C8H11NOS/c1-2-11-7-3-6-4-8(10)9(6)5-7/h5-6H,2-4H2,1H3. The summed E-state index contributed by atoms with van der Waals surface area (Å²) in [5.74, 6) is 1.40. The van der Waals surface area contributed by atoms with Crippen molar-refractivity contribution in [2.75, 3.05) is 5.75 Å². The van der Waals surface area contributed by atoms with Crippen LogP contribution in [0.25, 0.3) is 0 Å². The van der Waals surface area contributed by atoms with Gasteiger partial charge in [-0.25, -0.2) is 0 Å². The Morgan fingerprint density at radius 1 is 1.73 bits per heavy atom. The van der Waals surface area contributed by atoms with Gasteiger partial charge in [0.15, 0.2) is 0 Å². The molecule has 2 aliphatic rings. The van der Waals surface area contributed by atoms with Gasteiger partial charge in [-0.2, -0.15) is 0 Å². The first-order chi connectivity index (χ1) is 5.31. The number of fused-ring (bicyclic) bond motifs is 1. The molecular weight excluding hydrogens is 158 g/mol. The first kappa shape index (κ1) is 7.22. The van der Waals surface area contributed by atoms with Crippen molar-refractivity contribution in [1.29, 1.82) is 0 Å². The van der Waals surface area contributed by atoms with Gasteiger partial charge in [0, 0.05) is 30.0 Å². The second kappa shape index (κ2) is 2.55. The van der Waals surface area contributed by atoms with E-state index in [0.29, 0.717) is 11.9 Å². The zero-order valence-electron chi connectivity index (χ0n) is 6.54. The fourth-order valence-corrected chi connectivity index (χ4v) is 2.44. The molecule has 2 nitrogen and oxygen atoms in total. The van der Waals surface area contributed by atoms with Crippen molar-refractivity contribution in [3.63, 3.8) is 0 Å². The summed E-state index contributed by atoms with van der Waals surface area (Å²) >= 11 is 1.86. The molecule has 1 amide bonds. The van der Waals surface area contributed by atoms with Crippen LogP contribution in [0.5, 0.6) is 0 Å². The van der Waals surface area contributed by atoms with E-state index in [1.807, 2.05) is 22.9 Å². The van der Waals surface area contributed by atoms with E-state index in [1.54, 1.807) is 0 Å². The summed E-state index contributed by atoms with van der Waals surface area (Å²) < 4.78 is 0. The van der Waals surface area contributed by atoms with Gasteiger partial charge in [-0.15, -0.1) is 11.8 Å². The summed E-state index contributed by atoms with van der Waals surface area (Å²) in [4.78, 5) is 14.2. The molecule has 2 heterocycles. The average molecular weight is 169 g/mol. The van der Waals surface area contributed by atoms with Crippen molar-refractivity contribution >= 4 is 17.7 Å². The number of amides is 1. The van der Waals surface area contributed by atoms with Crippen molar-refractivity contribution in [2.45, 2.75) is 25.8 Å². The number of hydrogen-bond acceptors (Lipinski definition) is 2. The molecule has 60 valence electrons. The molecule has 0 aromatic carbocycles. The lowest BCUT2D eigenvalue weighted by molar-refractivity contribution is -0.140. The van der Waals surface area contributed by atoms with Crippen molar-refractivity contribution in [3.05, 3.63) is 11.1 Å². The van der Waals surface area contributed by atoms with Gasteiger partial charge in [-0.3, -0.25) is 4.79 Å². The van der Waals surface area contributed by atoms with Crippen molar-refractivity contribution in [1.82, 2.24) is 4.90 Å². The lowest BCUT2D eigenvalue weighted by atomic mass is 10.0. The van der Waals surface area contributed by atoms with Gasteiger partial charge in [0.25, 0.3) is 0 Å². The maximum atomic E-state index is 10.9. The summed E-state index contributed by atoms with van der Waals surface area (Å²) in [6.45, 7) is 2.14. The predicted octanol–water partition coefficient (Wildman–Crippen LogP) is 1.59. The van der Waals surface area contributed by atoms with Gasteiger partial charge in [0.1, 0.15) is 0 Å². The van der Waals surface area contributed by atoms with Crippen LogP contribution in [-0.2, 0) is 4.79 Å². The van der Waals surface area contributed by atoms with Crippen molar-refractivity contribution in [2.24, 2.45) is 0 Å². The molecule has 1 atom stereocenters. The molecule has 2 aliphatic heterocycles. The highest BCUT2D eigenvalue weighted by atomic mass is 32.2. The summed E-state index contributed by atoms with van der Waals surface area (Å²) in [5.41, 5.74) is 0. The molecule has 0 spiro atoms. The highest BCUT2D eigenvalue weighted by Crippen LogP contribution is 2.37. The Morgan fingerprint density at radius 2 is 2.55 bits per heavy atom. The number of carbonyl (C=O) groups is 1. The van der Waals surface area contributed by atoms with Crippen LogP contribution in [0, 0.1) is 0 Å². The number of hydrogen-bond donors (Lipinski definition) is 0. The minimum atomic E-state index is 0.293. The fourth-order valence-electron chi connectivity index (χ4n) is 1.57. The van der Waals surface area contributed by atoms with Gasteiger partial charge < -0.3 is 4.90 Å². The van der Waals surface area contributed by atoms with Crippen LogP contribution in [0.2, 0.25) is 0 Å². The van der Waals surface area contributed by atoms with Crippen LogP contribution in [-0.4, -0.2) is 22.6 Å². The largest absolute Gasteiger partial charge is 0.314 e. The molecule has 0 radical (unpaired) electrons. The Kier molecular flexibility index (Phi) is 1.68. The normalized spacial score (nSPS) is 28.1. The first-order valence-electron chi connectivity index (χ1n) is 3.96. The molecule has 1 unspecified atom stereocenters. The zero-order chi connectivity index (χ0) is 7.84. The van der Waals surface area contributed by atoms with E-state index in [0.717, 1.165) is 18.6 Å². The molecule has 2 rings (SSSR count). The molecule has 1 saturated heterocycles. The van der Waals surface area contributed by atoms with E-state index in [4.69, 9.17) is 0 Å². The van der Waals surface area contributed by atoms with Crippen molar-refractivity contribution in [3.8, 4) is 0 Å². The minimum Gasteiger partial charge on any atom is -0.314 e. The predicted molar refractivity (Wildman–Crippen MR) is 46.1 cm³/mol. The van der Waals surface area contributed by atoms with E-state index < -0.39 is 0 Å². The van der Waals surface area contributed by atoms with Crippen LogP contribution in [0.3, 0.4) is 0 Å². The second-order valence-electron chi connectivity index (χ2n) is 2.89. The van der Waals surface area contributed by atoms with E-state index in [1.165, 1.54) is 4.91 Å². The molecule has 0 bridgehead atoms. The third-order valence-corrected chi connectivity index (χ3v) is 3.07. The van der Waals surface area contributed by atoms with Crippen LogP contribution in [0.4, 0.5) is 0 Å². The van der Waals surface area contributed by atoms with Crippen LogP contribution in [0.15, 0.2) is 11.1 Å². The molecule has 3 heteroatoms. The Morgan fingerprint density at radius 3 is 3.09 bits per heavy atom. The monoisotopic (exact) mass is 169 g/mol. The lowest BCUT2D eigenvalue weighted by Crippen LogP contribution is -2.45. The van der Waals surface area contributed by atoms with E-state index in [-0.39, 0.29) is 0 Å². The molecule has 1 fully saturated rings. The highest BCUT2D eigenvalue weighted by molar-refractivity contribution is 8.03. The first-order valence-corrected chi connectivity index (χ1v) is 4.94. The fraction of sp³-hybridized carbons (Fsp3) is 0.625. The molecule has 11 heavy (non-hydrogen) atoms. The summed E-state index contributed by atoms with van der Waals surface area (Å²) in [6, 6.07) is 0.525. The minimum absolute atomic E-state index is 0.293. The molecule has 0 aromatic rings. The summed E-state index contributed by atoms with van der Waals surface area (Å²) in [5, 5.41) is 0. The van der Waals surface area contributed by atoms with Crippen molar-refractivity contribution < 1.29 is 4.79 Å². The SMILES string of the molecule is CCSC1=CN2C(=O)CC2C1. The number of β-lactam (4-membered cyclic amide) rings is 1. The average Bonchev–Trinajstić information content (AvgIpc) is 2.29. The molecule has 0 N–H and O–H groups in total. The summed E-state index contributed by atoms with van der Waals surface area (Å²) in [6.07, 6.45) is 3.89. The Labute approximate surface area is 70.6 Å². The Hall–Kier alpha value is -0.440. The number of thioether (sulfide) groups is 1. The highest BCUT2D eigenvalue weighted by Gasteiger charge is 2.39. The maximum Gasteiger partial charge on any atom is 0.228 e. The number of nitrogens with zero attached hydrogens (tertiary/aromatic N) is 1. The zero-order valence-corrected chi connectivity index (χ0v) is 7.36. The third-order valence-electron chi connectivity index (χ3n) is 2.14. The number of carbonyl (C=O) groups excluding carboxylic acids is 1. The maximum absolute atomic E-state index is 10.9. The van der Waals surface area contributed by atoms with E-state index in [9.17, 15) is 4.79 Å². The van der Waals surface area contributed by atoms with Gasteiger partial charge in [0.2, 0.25) is 5.91 Å². The third kappa shape index (κ3) is 1.07. The van der Waals surface area contributed by atoms with E-state index in [2.05, 4.69) is 6.92 Å².